The summed E-state index contributed by atoms with van der Waals surface area (Å²) in [6, 6.07) is 1.85. The van der Waals surface area contributed by atoms with Gasteiger partial charge in [0.1, 0.15) is 11.4 Å². The fourth-order valence-corrected chi connectivity index (χ4v) is 2.07. The third-order valence-corrected chi connectivity index (χ3v) is 2.77. The van der Waals surface area contributed by atoms with E-state index in [0.717, 1.165) is 5.56 Å². The van der Waals surface area contributed by atoms with Crippen molar-refractivity contribution in [2.24, 2.45) is 7.05 Å². The minimum Gasteiger partial charge on any atom is -0.477 e. The minimum absolute atomic E-state index is 0.239. The summed E-state index contributed by atoms with van der Waals surface area (Å²) in [4.78, 5) is 13.1. The van der Waals surface area contributed by atoms with Crippen LogP contribution in [0, 0.1) is 6.92 Å². The summed E-state index contributed by atoms with van der Waals surface area (Å²) in [6.07, 6.45) is 3.23. The van der Waals surface area contributed by atoms with Gasteiger partial charge in [0.2, 0.25) is 0 Å². The molecule has 0 aliphatic heterocycles. The van der Waals surface area contributed by atoms with Crippen LogP contribution in [0.5, 0.6) is 0 Å². The van der Waals surface area contributed by atoms with Crippen molar-refractivity contribution in [2.75, 3.05) is 11.9 Å². The van der Waals surface area contributed by atoms with Crippen molar-refractivity contribution in [3.05, 3.63) is 35.4 Å². The van der Waals surface area contributed by atoms with Crippen LogP contribution in [0.4, 0.5) is 5.82 Å². The SMILES string of the molecule is Cc1nn(C)c(N(C)Cc2ccoc2)c1C(=O)O. The quantitative estimate of drug-likeness (QED) is 0.892. The van der Waals surface area contributed by atoms with E-state index in [4.69, 9.17) is 4.42 Å². The van der Waals surface area contributed by atoms with E-state index in [0.29, 0.717) is 18.1 Å². The monoisotopic (exact) mass is 249 g/mol. The maximum atomic E-state index is 11.3. The lowest BCUT2D eigenvalue weighted by Gasteiger charge is -2.19. The average Bonchev–Trinajstić information content (AvgIpc) is 2.85. The topological polar surface area (TPSA) is 71.5 Å². The van der Waals surface area contributed by atoms with Gasteiger partial charge in [-0.25, -0.2) is 4.79 Å². The van der Waals surface area contributed by atoms with Crippen LogP contribution in [0.25, 0.3) is 0 Å². The highest BCUT2D eigenvalue weighted by Gasteiger charge is 2.22. The molecule has 0 amide bonds. The number of carbonyl (C=O) groups is 1. The van der Waals surface area contributed by atoms with Crippen molar-refractivity contribution < 1.29 is 14.3 Å². The molecule has 0 unspecified atom stereocenters. The van der Waals surface area contributed by atoms with Crippen LogP contribution >= 0.6 is 0 Å². The summed E-state index contributed by atoms with van der Waals surface area (Å²) in [5, 5.41) is 13.4. The van der Waals surface area contributed by atoms with Crippen LogP contribution in [0.15, 0.2) is 23.0 Å². The van der Waals surface area contributed by atoms with Gasteiger partial charge in [-0.15, -0.1) is 0 Å². The predicted octanol–water partition coefficient (Wildman–Crippen LogP) is 1.66. The van der Waals surface area contributed by atoms with Crippen LogP contribution in [-0.4, -0.2) is 27.9 Å². The second-order valence-electron chi connectivity index (χ2n) is 4.20. The molecule has 2 aromatic rings. The molecule has 96 valence electrons. The first-order valence-corrected chi connectivity index (χ1v) is 5.49. The molecule has 6 nitrogen and oxygen atoms in total. The molecule has 0 radical (unpaired) electrons. The van der Waals surface area contributed by atoms with Crippen molar-refractivity contribution in [1.29, 1.82) is 0 Å². The van der Waals surface area contributed by atoms with E-state index in [1.165, 1.54) is 0 Å². The summed E-state index contributed by atoms with van der Waals surface area (Å²) in [5.74, 6) is -0.379. The predicted molar refractivity (Wildman–Crippen MR) is 65.7 cm³/mol. The number of hydrogen-bond acceptors (Lipinski definition) is 4. The molecule has 2 rings (SSSR count). The van der Waals surface area contributed by atoms with E-state index < -0.39 is 5.97 Å². The summed E-state index contributed by atoms with van der Waals surface area (Å²) >= 11 is 0. The van der Waals surface area contributed by atoms with Crippen molar-refractivity contribution in [3.63, 3.8) is 0 Å². The lowest BCUT2D eigenvalue weighted by Crippen LogP contribution is -2.21. The van der Waals surface area contributed by atoms with Crippen molar-refractivity contribution >= 4 is 11.8 Å². The number of aryl methyl sites for hydroxylation is 2. The number of rotatable bonds is 4. The van der Waals surface area contributed by atoms with E-state index >= 15 is 0 Å². The Morgan fingerprint density at radius 1 is 1.61 bits per heavy atom. The largest absolute Gasteiger partial charge is 0.477 e. The number of aromatic carboxylic acids is 1. The van der Waals surface area contributed by atoms with Crippen LogP contribution in [0.1, 0.15) is 21.6 Å². The van der Waals surface area contributed by atoms with Crippen molar-refractivity contribution in [1.82, 2.24) is 9.78 Å². The second kappa shape index (κ2) is 4.56. The summed E-state index contributed by atoms with van der Waals surface area (Å²) in [6.45, 7) is 2.26. The van der Waals surface area contributed by atoms with Crippen LogP contribution in [0.3, 0.4) is 0 Å². The molecule has 1 N–H and O–H groups in total. The Labute approximate surface area is 104 Å². The van der Waals surface area contributed by atoms with Gasteiger partial charge in [0.15, 0.2) is 0 Å². The zero-order valence-electron chi connectivity index (χ0n) is 10.5. The highest BCUT2D eigenvalue weighted by Crippen LogP contribution is 2.23. The molecule has 2 aromatic heterocycles. The van der Waals surface area contributed by atoms with E-state index in [-0.39, 0.29) is 5.56 Å². The van der Waals surface area contributed by atoms with Crippen molar-refractivity contribution in [2.45, 2.75) is 13.5 Å². The van der Waals surface area contributed by atoms with E-state index in [1.54, 1.807) is 31.2 Å². The zero-order valence-corrected chi connectivity index (χ0v) is 10.5. The Morgan fingerprint density at radius 3 is 2.89 bits per heavy atom. The smallest absolute Gasteiger partial charge is 0.341 e. The fourth-order valence-electron chi connectivity index (χ4n) is 2.07. The number of hydrogen-bond donors (Lipinski definition) is 1. The molecule has 18 heavy (non-hydrogen) atoms. The van der Waals surface area contributed by atoms with Gasteiger partial charge in [-0.05, 0) is 13.0 Å². The lowest BCUT2D eigenvalue weighted by atomic mass is 10.2. The number of aromatic nitrogens is 2. The molecular weight excluding hydrogens is 234 g/mol. The average molecular weight is 249 g/mol. The number of anilines is 1. The summed E-state index contributed by atoms with van der Waals surface area (Å²) in [7, 11) is 3.57. The molecule has 0 aliphatic rings. The van der Waals surface area contributed by atoms with Gasteiger partial charge < -0.3 is 14.4 Å². The Balaban J connectivity index is 2.35. The number of carboxylic acids is 1. The van der Waals surface area contributed by atoms with Crippen LogP contribution < -0.4 is 4.90 Å². The molecule has 0 aromatic carbocycles. The maximum absolute atomic E-state index is 11.3. The molecule has 2 heterocycles. The van der Waals surface area contributed by atoms with E-state index in [1.807, 2.05) is 18.0 Å². The fraction of sp³-hybridized carbons (Fsp3) is 0.333. The molecule has 0 fully saturated rings. The Kier molecular flexibility index (Phi) is 3.10. The van der Waals surface area contributed by atoms with E-state index in [9.17, 15) is 9.90 Å². The molecule has 0 saturated carbocycles. The van der Waals surface area contributed by atoms with Gasteiger partial charge in [0.05, 0.1) is 18.2 Å². The Bertz CT molecular complexity index is 557. The Morgan fingerprint density at radius 2 is 2.33 bits per heavy atom. The standard InChI is InChI=1S/C12H15N3O3/c1-8-10(12(16)17)11(15(3)13-8)14(2)6-9-4-5-18-7-9/h4-5,7H,6H2,1-3H3,(H,16,17). The van der Waals surface area contributed by atoms with Gasteiger partial charge in [-0.1, -0.05) is 0 Å². The van der Waals surface area contributed by atoms with Crippen LogP contribution in [0.2, 0.25) is 0 Å². The normalized spacial score (nSPS) is 10.6. The number of nitrogens with zero attached hydrogens (tertiary/aromatic N) is 3. The van der Waals surface area contributed by atoms with Gasteiger partial charge in [-0.2, -0.15) is 5.10 Å². The highest BCUT2D eigenvalue weighted by molar-refractivity contribution is 5.94. The first kappa shape index (κ1) is 12.2. The minimum atomic E-state index is -0.963. The molecule has 0 aliphatic carbocycles. The van der Waals surface area contributed by atoms with E-state index in [2.05, 4.69) is 5.10 Å². The van der Waals surface area contributed by atoms with Crippen LogP contribution in [-0.2, 0) is 13.6 Å². The van der Waals surface area contributed by atoms with Crippen molar-refractivity contribution in [3.8, 4) is 0 Å². The molecule has 0 spiro atoms. The molecular formula is C12H15N3O3. The van der Waals surface area contributed by atoms with Gasteiger partial charge >= 0.3 is 5.97 Å². The molecule has 6 heteroatoms. The zero-order chi connectivity index (χ0) is 13.3. The molecule has 0 atom stereocenters. The summed E-state index contributed by atoms with van der Waals surface area (Å²) in [5.41, 5.74) is 1.73. The maximum Gasteiger partial charge on any atom is 0.341 e. The molecule has 0 bridgehead atoms. The van der Waals surface area contributed by atoms with Gasteiger partial charge in [-0.3, -0.25) is 4.68 Å². The van der Waals surface area contributed by atoms with Gasteiger partial charge in [0, 0.05) is 26.2 Å². The highest BCUT2D eigenvalue weighted by atomic mass is 16.4. The second-order valence-corrected chi connectivity index (χ2v) is 4.20. The third kappa shape index (κ3) is 2.09. The summed E-state index contributed by atoms with van der Waals surface area (Å²) < 4.78 is 6.58. The first-order valence-electron chi connectivity index (χ1n) is 5.49. The first-order chi connectivity index (χ1) is 8.50. The lowest BCUT2D eigenvalue weighted by molar-refractivity contribution is 0.0696. The Hall–Kier alpha value is -2.24. The number of furan rings is 1. The third-order valence-electron chi connectivity index (χ3n) is 2.77. The molecule has 0 saturated heterocycles. The number of carboxylic acid groups (broad SMARTS) is 1. The van der Waals surface area contributed by atoms with Gasteiger partial charge in [0.25, 0.3) is 0 Å².